The molecule has 0 saturated heterocycles. The number of carbonyl (C=O) groups is 3. The predicted octanol–water partition coefficient (Wildman–Crippen LogP) is 5.01. The zero-order valence-corrected chi connectivity index (χ0v) is 18.3. The van der Waals surface area contributed by atoms with E-state index in [1.165, 1.54) is 6.92 Å². The van der Waals surface area contributed by atoms with Crippen LogP contribution in [-0.4, -0.2) is 17.5 Å². The maximum Gasteiger partial charge on any atom is 0.307 e. The van der Waals surface area contributed by atoms with E-state index in [0.29, 0.717) is 54.1 Å². The van der Waals surface area contributed by atoms with Gasteiger partial charge in [0.05, 0.1) is 5.92 Å². The van der Waals surface area contributed by atoms with E-state index in [4.69, 9.17) is 9.47 Å². The van der Waals surface area contributed by atoms with E-state index in [0.717, 1.165) is 5.56 Å². The molecule has 0 spiro atoms. The number of allylic oxidation sites excluding steroid dienone is 4. The van der Waals surface area contributed by atoms with Crippen LogP contribution in [0.2, 0.25) is 0 Å². The lowest BCUT2D eigenvalue weighted by Gasteiger charge is -2.40. The first-order chi connectivity index (χ1) is 14.0. The number of para-hydroxylation sites is 1. The van der Waals surface area contributed by atoms with Gasteiger partial charge in [0, 0.05) is 49.3 Å². The van der Waals surface area contributed by atoms with Crippen LogP contribution >= 0.6 is 0 Å². The van der Waals surface area contributed by atoms with Crippen molar-refractivity contribution in [1.29, 1.82) is 0 Å². The highest BCUT2D eigenvalue weighted by atomic mass is 16.5. The molecule has 0 aromatic heterocycles. The Balaban J connectivity index is 1.97. The molecule has 5 nitrogen and oxygen atoms in total. The Kier molecular flexibility index (Phi) is 4.75. The van der Waals surface area contributed by atoms with Gasteiger partial charge in [-0.3, -0.25) is 14.4 Å². The fraction of sp³-hybridized carbons (Fsp3) is 0.480. The van der Waals surface area contributed by atoms with Crippen LogP contribution in [0.25, 0.3) is 0 Å². The minimum atomic E-state index is -0.563. The quantitative estimate of drug-likeness (QED) is 0.643. The Labute approximate surface area is 177 Å². The normalized spacial score (nSPS) is 24.8. The lowest BCUT2D eigenvalue weighted by molar-refractivity contribution is -0.138. The monoisotopic (exact) mass is 408 g/mol. The van der Waals surface area contributed by atoms with Gasteiger partial charge in [-0.05, 0) is 16.9 Å². The van der Waals surface area contributed by atoms with Gasteiger partial charge in [-0.1, -0.05) is 45.9 Å². The fourth-order valence-electron chi connectivity index (χ4n) is 4.96. The molecule has 1 unspecified atom stereocenters. The molecule has 2 aliphatic carbocycles. The SMILES string of the molecule is CC(=O)OC1=C(C2C3=C(CC(C)(C)CC3=O)Oc3ccccc32)C(=O)CC(C)(C)C1. The summed E-state index contributed by atoms with van der Waals surface area (Å²) in [4.78, 5) is 38.6. The molecule has 0 N–H and O–H groups in total. The molecule has 158 valence electrons. The van der Waals surface area contributed by atoms with Crippen LogP contribution in [0.4, 0.5) is 0 Å². The molecule has 1 aromatic rings. The van der Waals surface area contributed by atoms with E-state index in [1.54, 1.807) is 0 Å². The van der Waals surface area contributed by atoms with Crippen molar-refractivity contribution in [3.63, 3.8) is 0 Å². The molecule has 1 atom stereocenters. The number of carbonyl (C=O) groups excluding carboxylic acids is 3. The molecule has 0 fully saturated rings. The number of ketones is 2. The summed E-state index contributed by atoms with van der Waals surface area (Å²) in [6.07, 6.45) is 1.82. The second-order valence-corrected chi connectivity index (χ2v) is 10.2. The molecule has 0 saturated carbocycles. The zero-order chi connectivity index (χ0) is 21.8. The van der Waals surface area contributed by atoms with Crippen molar-refractivity contribution in [1.82, 2.24) is 0 Å². The molecule has 0 bridgehead atoms. The third-order valence-electron chi connectivity index (χ3n) is 6.07. The Morgan fingerprint density at radius 3 is 2.20 bits per heavy atom. The summed E-state index contributed by atoms with van der Waals surface area (Å²) in [5.74, 6) is 0.563. The minimum Gasteiger partial charge on any atom is -0.461 e. The van der Waals surface area contributed by atoms with Crippen molar-refractivity contribution in [2.75, 3.05) is 0 Å². The molecule has 3 aliphatic rings. The molecule has 0 amide bonds. The van der Waals surface area contributed by atoms with Gasteiger partial charge in [-0.15, -0.1) is 0 Å². The largest absolute Gasteiger partial charge is 0.461 e. The van der Waals surface area contributed by atoms with Crippen molar-refractivity contribution in [3.05, 3.63) is 52.5 Å². The molecule has 0 radical (unpaired) electrons. The van der Waals surface area contributed by atoms with Crippen molar-refractivity contribution in [3.8, 4) is 5.75 Å². The number of ether oxygens (including phenoxy) is 2. The highest BCUT2D eigenvalue weighted by Crippen LogP contribution is 2.53. The predicted molar refractivity (Wildman–Crippen MR) is 112 cm³/mol. The Morgan fingerprint density at radius 1 is 0.933 bits per heavy atom. The summed E-state index contributed by atoms with van der Waals surface area (Å²) in [6, 6.07) is 7.51. The van der Waals surface area contributed by atoms with Gasteiger partial charge in [0.1, 0.15) is 17.3 Å². The number of fused-ring (bicyclic) bond motifs is 1. The number of rotatable bonds is 2. The average Bonchev–Trinajstić information content (AvgIpc) is 2.57. The van der Waals surface area contributed by atoms with E-state index < -0.39 is 11.9 Å². The van der Waals surface area contributed by atoms with Crippen LogP contribution in [0.3, 0.4) is 0 Å². The first kappa shape index (κ1) is 20.6. The molecular weight excluding hydrogens is 380 g/mol. The second kappa shape index (κ2) is 6.93. The van der Waals surface area contributed by atoms with Crippen LogP contribution in [0, 0.1) is 10.8 Å². The molecule has 1 aromatic carbocycles. The van der Waals surface area contributed by atoms with Crippen LogP contribution in [0.5, 0.6) is 5.75 Å². The van der Waals surface area contributed by atoms with Gasteiger partial charge in [-0.2, -0.15) is 0 Å². The van der Waals surface area contributed by atoms with Crippen molar-refractivity contribution < 1.29 is 23.9 Å². The van der Waals surface area contributed by atoms with Gasteiger partial charge in [0.15, 0.2) is 11.6 Å². The number of benzene rings is 1. The van der Waals surface area contributed by atoms with Crippen molar-refractivity contribution in [2.45, 2.75) is 66.2 Å². The third kappa shape index (κ3) is 3.62. The van der Waals surface area contributed by atoms with Crippen LogP contribution < -0.4 is 4.74 Å². The highest BCUT2D eigenvalue weighted by molar-refractivity contribution is 6.06. The lowest BCUT2D eigenvalue weighted by atomic mass is 9.66. The van der Waals surface area contributed by atoms with Gasteiger partial charge >= 0.3 is 5.97 Å². The van der Waals surface area contributed by atoms with Crippen LogP contribution in [0.1, 0.15) is 71.8 Å². The summed E-state index contributed by atoms with van der Waals surface area (Å²) < 4.78 is 11.8. The summed E-state index contributed by atoms with van der Waals surface area (Å²) in [6.45, 7) is 9.41. The van der Waals surface area contributed by atoms with Crippen molar-refractivity contribution >= 4 is 17.5 Å². The Bertz CT molecular complexity index is 1020. The fourth-order valence-corrected chi connectivity index (χ4v) is 4.96. The Morgan fingerprint density at radius 2 is 1.53 bits per heavy atom. The average molecular weight is 408 g/mol. The Hall–Kier alpha value is -2.69. The highest BCUT2D eigenvalue weighted by Gasteiger charge is 2.47. The van der Waals surface area contributed by atoms with Gasteiger partial charge in [-0.25, -0.2) is 0 Å². The number of Topliss-reactive ketones (excluding diaryl/α,β-unsaturated/α-hetero) is 2. The zero-order valence-electron chi connectivity index (χ0n) is 18.3. The standard InChI is InChI=1S/C25H28O5/c1-14(26)29-19-12-24(2,3)10-16(27)22(19)21-15-8-6-7-9-18(15)30-20-13-25(4,5)11-17(28)23(20)21/h6-9,21H,10-13H2,1-5H3. The van der Waals surface area contributed by atoms with E-state index in [1.807, 2.05) is 52.0 Å². The lowest BCUT2D eigenvalue weighted by Crippen LogP contribution is -2.36. The molecule has 1 heterocycles. The van der Waals surface area contributed by atoms with Gasteiger partial charge < -0.3 is 9.47 Å². The van der Waals surface area contributed by atoms with Crippen molar-refractivity contribution in [2.24, 2.45) is 10.8 Å². The summed E-state index contributed by atoms with van der Waals surface area (Å²) in [5.41, 5.74) is 1.23. The topological polar surface area (TPSA) is 69.7 Å². The summed E-state index contributed by atoms with van der Waals surface area (Å²) >= 11 is 0. The van der Waals surface area contributed by atoms with E-state index in [2.05, 4.69) is 0 Å². The maximum atomic E-state index is 13.4. The minimum absolute atomic E-state index is 0.00642. The smallest absolute Gasteiger partial charge is 0.307 e. The first-order valence-corrected chi connectivity index (χ1v) is 10.5. The second-order valence-electron chi connectivity index (χ2n) is 10.2. The van der Waals surface area contributed by atoms with E-state index in [-0.39, 0.29) is 22.4 Å². The molecule has 1 aliphatic heterocycles. The van der Waals surface area contributed by atoms with E-state index in [9.17, 15) is 14.4 Å². The molecule has 30 heavy (non-hydrogen) atoms. The van der Waals surface area contributed by atoms with Crippen LogP contribution in [-0.2, 0) is 19.1 Å². The van der Waals surface area contributed by atoms with Crippen LogP contribution in [0.15, 0.2) is 46.9 Å². The number of hydrogen-bond acceptors (Lipinski definition) is 5. The molecule has 5 heteroatoms. The summed E-state index contributed by atoms with van der Waals surface area (Å²) in [7, 11) is 0. The first-order valence-electron chi connectivity index (χ1n) is 10.5. The maximum absolute atomic E-state index is 13.4. The van der Waals surface area contributed by atoms with E-state index >= 15 is 0 Å². The summed E-state index contributed by atoms with van der Waals surface area (Å²) in [5, 5.41) is 0. The molecule has 4 rings (SSSR count). The molecular formula is C25H28O5. The third-order valence-corrected chi connectivity index (χ3v) is 6.07. The van der Waals surface area contributed by atoms with Gasteiger partial charge in [0.25, 0.3) is 0 Å². The number of hydrogen-bond donors (Lipinski definition) is 0. The van der Waals surface area contributed by atoms with Gasteiger partial charge in [0.2, 0.25) is 0 Å². The number of esters is 1.